The Hall–Kier alpha value is -1.71. The van der Waals surface area contributed by atoms with Crippen LogP contribution in [0.5, 0.6) is 0 Å². The number of fused-ring (bicyclic) bond motifs is 7. The fourth-order valence-corrected chi connectivity index (χ4v) is 18.4. The van der Waals surface area contributed by atoms with Crippen LogP contribution in [-0.2, 0) is 52.2 Å². The summed E-state index contributed by atoms with van der Waals surface area (Å²) in [6.45, 7) is 19.5. The third-order valence-electron chi connectivity index (χ3n) is 23.5. The Morgan fingerprint density at radius 1 is 0.536 bits per heavy atom. The number of allylic oxidation sites excluding steroid dienone is 1. The Balaban J connectivity index is 0.812. The van der Waals surface area contributed by atoms with Gasteiger partial charge in [0.15, 0.2) is 25.2 Å². The van der Waals surface area contributed by atoms with Gasteiger partial charge in [0.1, 0.15) is 104 Å². The van der Waals surface area contributed by atoms with Gasteiger partial charge in [0, 0.05) is 0 Å². The summed E-state index contributed by atoms with van der Waals surface area (Å²) in [6.07, 6.45) is -29.9. The molecule has 482 valence electrons. The molecular weight excluding hydrogens is 1110 g/mol. The molecule has 0 unspecified atom stereocenters. The van der Waals surface area contributed by atoms with Crippen molar-refractivity contribution >= 4 is 5.97 Å². The first kappa shape index (κ1) is 65.2. The van der Waals surface area contributed by atoms with E-state index in [0.29, 0.717) is 32.1 Å². The Kier molecular flexibility index (Phi) is 18.8. The molecule has 84 heavy (non-hydrogen) atoms. The summed E-state index contributed by atoms with van der Waals surface area (Å²) < 4.78 is 59.6. The standard InChI is InChI=1S/C59H96O25/c1-23(2)26-12-17-59(54(74)84-52-45(72)41(68)38(65)30(80-52)22-76-49-46(73)42(69)47(29(20-60)79-49)82-50-43(70)39(66)35(62)24(3)77-50)19-18-57(8)27(34(26)59)10-11-32-56(7)15-14-33(55(5,6)31(56)13-16-58(32,57)9)81-53-48(37(64)28(61)21-75-53)83-51-44(71)40(67)36(63)25(4)78-51/h24-53,60-73H,1,10-22H2,2-9H3/t24-,25-,26-,27+,28-,29+,30+,31-,32+,33-,34+,35-,36-,37-,38+,39+,40+,41-,42+,43+,44+,45+,46+,47+,48+,49+,50-,51-,52-,53+,56-,57+,58+,59-/m0/s1. The van der Waals surface area contributed by atoms with Crippen molar-refractivity contribution in [3.8, 4) is 0 Å². The predicted molar refractivity (Wildman–Crippen MR) is 287 cm³/mol. The second-order valence-electron chi connectivity index (χ2n) is 28.1. The summed E-state index contributed by atoms with van der Waals surface area (Å²) in [5.41, 5.74) is -1.03. The van der Waals surface area contributed by atoms with Gasteiger partial charge in [-0.3, -0.25) is 4.79 Å². The third-order valence-corrected chi connectivity index (χ3v) is 23.5. The molecule has 0 bridgehead atoms. The van der Waals surface area contributed by atoms with E-state index >= 15 is 4.79 Å². The molecule has 0 aromatic heterocycles. The van der Waals surface area contributed by atoms with Crippen LogP contribution in [0, 0.1) is 56.7 Å². The first-order valence-electron chi connectivity index (χ1n) is 30.5. The quantitative estimate of drug-likeness (QED) is 0.0557. The molecule has 5 aliphatic heterocycles. The molecule has 0 amide bonds. The minimum atomic E-state index is -1.89. The van der Waals surface area contributed by atoms with Gasteiger partial charge in [-0.25, -0.2) is 0 Å². The Morgan fingerprint density at radius 3 is 1.74 bits per heavy atom. The molecule has 5 aliphatic carbocycles. The second kappa shape index (κ2) is 24.2. The molecule has 0 aromatic rings. The Labute approximate surface area is 490 Å². The van der Waals surface area contributed by atoms with E-state index in [-0.39, 0.29) is 58.5 Å². The minimum absolute atomic E-state index is 0.0256. The lowest BCUT2D eigenvalue weighted by Crippen LogP contribution is -2.68. The molecule has 10 rings (SSSR count). The largest absolute Gasteiger partial charge is 0.432 e. The van der Waals surface area contributed by atoms with Gasteiger partial charge < -0.3 is 119 Å². The SMILES string of the molecule is C=C(C)[C@@H]1CC[C@]2(C(=O)O[C@@H]3O[C@H](CO[C@@H]4O[C@H](CO)[C@@H](O[C@@H]5O[C@@H](C)[C@H](O)[C@@H](O)[C@H]5O)[C@H](O)[C@H]4O)[C@@H](O)[C@H](O)[C@H]3O)CC[C@]3(C)[C@H](CC[C@@H]4[C@@]5(C)CC[C@H](O[C@H]6OC[C@H](O)[C@H](O)[C@H]6O[C@@H]6O[C@@H](C)[C@H](O)[C@@H](O)[C@H]6O)C(C)(C)[C@@H]5CC[C@]43C)[C@@H]12. The van der Waals surface area contributed by atoms with Crippen LogP contribution in [0.4, 0.5) is 0 Å². The maximum atomic E-state index is 15.2. The van der Waals surface area contributed by atoms with Crippen LogP contribution in [0.1, 0.15) is 120 Å². The minimum Gasteiger partial charge on any atom is -0.432 e. The van der Waals surface area contributed by atoms with Crippen molar-refractivity contribution in [2.45, 2.75) is 273 Å². The molecule has 5 saturated carbocycles. The summed E-state index contributed by atoms with van der Waals surface area (Å²) in [7, 11) is 0. The van der Waals surface area contributed by atoms with Crippen LogP contribution in [0.15, 0.2) is 12.2 Å². The molecule has 25 heteroatoms. The summed E-state index contributed by atoms with van der Waals surface area (Å²) in [5.74, 6) is -0.265. The van der Waals surface area contributed by atoms with Crippen molar-refractivity contribution in [3.05, 3.63) is 12.2 Å². The number of hydrogen-bond donors (Lipinski definition) is 14. The molecule has 0 aromatic carbocycles. The van der Waals surface area contributed by atoms with Crippen LogP contribution in [0.25, 0.3) is 0 Å². The molecule has 0 radical (unpaired) electrons. The van der Waals surface area contributed by atoms with E-state index in [4.69, 9.17) is 47.4 Å². The number of aliphatic hydroxyl groups is 14. The normalized spacial score (nSPS) is 55.6. The molecule has 5 saturated heterocycles. The van der Waals surface area contributed by atoms with Crippen LogP contribution in [-0.4, -0.2) is 251 Å². The maximum Gasteiger partial charge on any atom is 0.314 e. The number of esters is 1. The summed E-state index contributed by atoms with van der Waals surface area (Å²) in [5, 5.41) is 151. The van der Waals surface area contributed by atoms with E-state index < -0.39 is 177 Å². The highest BCUT2D eigenvalue weighted by Crippen LogP contribution is 2.78. The molecule has 14 N–H and O–H groups in total. The molecule has 25 nitrogen and oxygen atoms in total. The van der Waals surface area contributed by atoms with Crippen molar-refractivity contribution in [2.75, 3.05) is 19.8 Å². The first-order chi connectivity index (χ1) is 39.4. The summed E-state index contributed by atoms with van der Waals surface area (Å²) in [6, 6.07) is 0. The van der Waals surface area contributed by atoms with Crippen molar-refractivity contribution in [1.29, 1.82) is 0 Å². The van der Waals surface area contributed by atoms with E-state index in [1.807, 2.05) is 6.92 Å². The van der Waals surface area contributed by atoms with Crippen molar-refractivity contribution in [3.63, 3.8) is 0 Å². The van der Waals surface area contributed by atoms with Gasteiger partial charge in [-0.15, -0.1) is 0 Å². The first-order valence-corrected chi connectivity index (χ1v) is 30.5. The van der Waals surface area contributed by atoms with E-state index in [2.05, 4.69) is 41.2 Å². The van der Waals surface area contributed by atoms with Gasteiger partial charge in [0.05, 0.1) is 43.5 Å². The van der Waals surface area contributed by atoms with Gasteiger partial charge >= 0.3 is 5.97 Å². The fraction of sp³-hybridized carbons (Fsp3) is 0.949. The van der Waals surface area contributed by atoms with Gasteiger partial charge in [-0.05, 0) is 136 Å². The molecule has 5 heterocycles. The van der Waals surface area contributed by atoms with Crippen LogP contribution in [0.2, 0.25) is 0 Å². The second-order valence-corrected chi connectivity index (χ2v) is 28.1. The van der Waals surface area contributed by atoms with E-state index in [1.54, 1.807) is 0 Å². The van der Waals surface area contributed by atoms with Crippen LogP contribution in [0.3, 0.4) is 0 Å². The third kappa shape index (κ3) is 10.7. The van der Waals surface area contributed by atoms with Crippen molar-refractivity contribution in [1.82, 2.24) is 0 Å². The van der Waals surface area contributed by atoms with Gasteiger partial charge in [0.2, 0.25) is 6.29 Å². The highest BCUT2D eigenvalue weighted by Gasteiger charge is 2.73. The number of hydrogen-bond acceptors (Lipinski definition) is 25. The number of ether oxygens (including phenoxy) is 10. The summed E-state index contributed by atoms with van der Waals surface area (Å²) >= 11 is 0. The lowest BCUT2D eigenvalue weighted by Gasteiger charge is -2.73. The number of carbonyl (C=O) groups excluding carboxylic acids is 1. The number of carbonyl (C=O) groups is 1. The lowest BCUT2D eigenvalue weighted by molar-refractivity contribution is -0.365. The van der Waals surface area contributed by atoms with Crippen molar-refractivity contribution < 1.29 is 124 Å². The van der Waals surface area contributed by atoms with E-state index in [0.717, 1.165) is 37.7 Å². The highest BCUT2D eigenvalue weighted by molar-refractivity contribution is 5.78. The topological polar surface area (TPSA) is 393 Å². The zero-order chi connectivity index (χ0) is 61.2. The van der Waals surface area contributed by atoms with Crippen LogP contribution >= 0.6 is 0 Å². The average molecular weight is 1210 g/mol. The molecule has 34 atom stereocenters. The van der Waals surface area contributed by atoms with E-state index in [1.165, 1.54) is 13.8 Å². The number of rotatable bonds is 13. The molecule has 10 aliphatic rings. The van der Waals surface area contributed by atoms with Gasteiger partial charge in [-0.2, -0.15) is 0 Å². The molecular formula is C59H96O25. The predicted octanol–water partition coefficient (Wildman–Crippen LogP) is -1.66. The van der Waals surface area contributed by atoms with E-state index in [9.17, 15) is 71.5 Å². The molecule has 0 spiro atoms. The van der Waals surface area contributed by atoms with Gasteiger partial charge in [0.25, 0.3) is 0 Å². The zero-order valence-electron chi connectivity index (χ0n) is 49.5. The molecule has 10 fully saturated rings. The zero-order valence-corrected chi connectivity index (χ0v) is 49.5. The lowest BCUT2D eigenvalue weighted by atomic mass is 9.32. The highest BCUT2D eigenvalue weighted by atomic mass is 16.8. The monoisotopic (exact) mass is 1200 g/mol. The Bertz CT molecular complexity index is 2320. The fourth-order valence-electron chi connectivity index (χ4n) is 18.4. The average Bonchev–Trinajstić information content (AvgIpc) is 1.04. The summed E-state index contributed by atoms with van der Waals surface area (Å²) in [4.78, 5) is 15.2. The van der Waals surface area contributed by atoms with Crippen molar-refractivity contribution in [2.24, 2.45) is 56.7 Å². The number of aliphatic hydroxyl groups excluding tert-OH is 14. The van der Waals surface area contributed by atoms with Gasteiger partial charge in [-0.1, -0.05) is 46.8 Å². The van der Waals surface area contributed by atoms with Crippen LogP contribution < -0.4 is 0 Å². The smallest absolute Gasteiger partial charge is 0.314 e. The maximum absolute atomic E-state index is 15.2. The Morgan fingerprint density at radius 2 is 1.12 bits per heavy atom.